The molecule has 1 saturated heterocycles. The van der Waals surface area contributed by atoms with Crippen LogP contribution >= 0.6 is 12.2 Å². The molecule has 2 heterocycles. The van der Waals surface area contributed by atoms with Crippen LogP contribution in [0.3, 0.4) is 0 Å². The van der Waals surface area contributed by atoms with Crippen LogP contribution in [-0.4, -0.2) is 51.9 Å². The van der Waals surface area contributed by atoms with Gasteiger partial charge in [-0.25, -0.2) is 0 Å². The third kappa shape index (κ3) is 4.17. The van der Waals surface area contributed by atoms with Crippen LogP contribution in [0.25, 0.3) is 22.4 Å². The number of benzene rings is 2. The van der Waals surface area contributed by atoms with E-state index in [1.807, 2.05) is 49.4 Å². The van der Waals surface area contributed by atoms with Crippen LogP contribution in [0, 0.1) is 22.9 Å². The summed E-state index contributed by atoms with van der Waals surface area (Å²) in [5, 5.41) is 40.6. The van der Waals surface area contributed by atoms with Gasteiger partial charge in [0, 0.05) is 5.56 Å². The highest BCUT2D eigenvalue weighted by atomic mass is 32.1. The molecule has 0 radical (unpaired) electrons. The summed E-state index contributed by atoms with van der Waals surface area (Å²) in [6.07, 6.45) is -4.67. The molecule has 8 heteroatoms. The first-order valence-corrected chi connectivity index (χ1v) is 10.8. The number of nitrogens with zero attached hydrogens (tertiary/aromatic N) is 2. The number of methoxy groups -OCH3 is 1. The molecule has 4 rings (SSSR count). The maximum Gasteiger partial charge on any atom is 0.164 e. The van der Waals surface area contributed by atoms with Gasteiger partial charge in [-0.3, -0.25) is 0 Å². The fraction of sp³-hybridized carbons (Fsp3) is 0.280. The second kappa shape index (κ2) is 9.43. The fourth-order valence-electron chi connectivity index (χ4n) is 4.02. The molecule has 2 aromatic carbocycles. The van der Waals surface area contributed by atoms with E-state index in [0.717, 1.165) is 16.7 Å². The van der Waals surface area contributed by atoms with Gasteiger partial charge >= 0.3 is 0 Å². The van der Waals surface area contributed by atoms with E-state index in [4.69, 9.17) is 21.7 Å². The summed E-state index contributed by atoms with van der Waals surface area (Å²) in [7, 11) is 1.58. The average molecular weight is 465 g/mol. The Labute approximate surface area is 196 Å². The van der Waals surface area contributed by atoms with Crippen molar-refractivity contribution in [3.63, 3.8) is 0 Å². The number of aryl methyl sites for hydroxylation is 1. The first-order chi connectivity index (χ1) is 15.9. The second-order valence-corrected chi connectivity index (χ2v) is 8.32. The van der Waals surface area contributed by atoms with Gasteiger partial charge in [-0.05, 0) is 36.2 Å². The summed E-state index contributed by atoms with van der Waals surface area (Å²) in [6.45, 7) is 1.51. The van der Waals surface area contributed by atoms with Gasteiger partial charge in [-0.2, -0.15) is 5.26 Å². The van der Waals surface area contributed by atoms with Crippen LogP contribution in [0.15, 0.2) is 54.6 Å². The minimum Gasteiger partial charge on any atom is -0.497 e. The van der Waals surface area contributed by atoms with Crippen LogP contribution in [0.1, 0.15) is 17.4 Å². The molecule has 0 bridgehead atoms. The summed E-state index contributed by atoms with van der Waals surface area (Å²) < 4.78 is 12.7. The van der Waals surface area contributed by atoms with Crippen molar-refractivity contribution < 1.29 is 24.8 Å². The number of rotatable bonds is 5. The molecule has 1 aromatic heterocycles. The maximum absolute atomic E-state index is 10.7. The Morgan fingerprint density at radius 1 is 1.06 bits per heavy atom. The van der Waals surface area contributed by atoms with Crippen molar-refractivity contribution in [3.05, 3.63) is 70.4 Å². The van der Waals surface area contributed by atoms with Crippen LogP contribution in [0.5, 0.6) is 5.75 Å². The van der Waals surface area contributed by atoms with Crippen LogP contribution in [-0.2, 0) is 4.74 Å². The Morgan fingerprint density at radius 3 is 2.24 bits per heavy atom. The molecule has 33 heavy (non-hydrogen) atoms. The number of nitriles is 1. The predicted molar refractivity (Wildman–Crippen MR) is 125 cm³/mol. The Bertz CT molecular complexity index is 1250. The smallest absolute Gasteiger partial charge is 0.164 e. The summed E-state index contributed by atoms with van der Waals surface area (Å²) in [5.41, 5.74) is 4.12. The third-order valence-electron chi connectivity index (χ3n) is 5.87. The van der Waals surface area contributed by atoms with Crippen molar-refractivity contribution >= 4 is 12.2 Å². The minimum atomic E-state index is -1.34. The molecule has 4 atom stereocenters. The zero-order valence-corrected chi connectivity index (χ0v) is 19.0. The van der Waals surface area contributed by atoms with E-state index >= 15 is 0 Å². The molecule has 3 N–H and O–H groups in total. The zero-order valence-electron chi connectivity index (χ0n) is 18.2. The van der Waals surface area contributed by atoms with Gasteiger partial charge in [-0.15, -0.1) is 0 Å². The number of hydrogen-bond acceptors (Lipinski definition) is 7. The summed E-state index contributed by atoms with van der Waals surface area (Å²) in [6, 6.07) is 19.1. The van der Waals surface area contributed by atoms with E-state index in [1.165, 1.54) is 0 Å². The quantitative estimate of drug-likeness (QED) is 0.497. The van der Waals surface area contributed by atoms with Crippen LogP contribution in [0.4, 0.5) is 0 Å². The Hall–Kier alpha value is -3.06. The number of pyridine rings is 1. The zero-order chi connectivity index (χ0) is 23.7. The predicted octanol–water partition coefficient (Wildman–Crippen LogP) is 3.35. The highest BCUT2D eigenvalue weighted by Gasteiger charge is 2.44. The van der Waals surface area contributed by atoms with E-state index in [2.05, 4.69) is 6.07 Å². The lowest BCUT2D eigenvalue weighted by Gasteiger charge is -2.25. The van der Waals surface area contributed by atoms with Gasteiger partial charge in [0.2, 0.25) is 0 Å². The van der Waals surface area contributed by atoms with Crippen molar-refractivity contribution in [1.82, 2.24) is 4.57 Å². The van der Waals surface area contributed by atoms with Crippen LogP contribution in [0.2, 0.25) is 0 Å². The van der Waals surface area contributed by atoms with Gasteiger partial charge in [0.15, 0.2) is 6.23 Å². The molecule has 1 aliphatic rings. The third-order valence-corrected chi connectivity index (χ3v) is 6.28. The molecule has 0 aliphatic carbocycles. The minimum absolute atomic E-state index is 0.163. The molecular weight excluding hydrogens is 440 g/mol. The topological polar surface area (TPSA) is 108 Å². The fourth-order valence-corrected chi connectivity index (χ4v) is 4.38. The lowest BCUT2D eigenvalue weighted by Crippen LogP contribution is -2.33. The molecule has 7 nitrogen and oxygen atoms in total. The number of ether oxygens (including phenoxy) is 2. The lowest BCUT2D eigenvalue weighted by molar-refractivity contribution is -0.0527. The van der Waals surface area contributed by atoms with Crippen molar-refractivity contribution in [3.8, 4) is 34.2 Å². The van der Waals surface area contributed by atoms with Gasteiger partial charge in [0.05, 0.1) is 25.0 Å². The first-order valence-electron chi connectivity index (χ1n) is 10.4. The average Bonchev–Trinajstić information content (AvgIpc) is 3.12. The van der Waals surface area contributed by atoms with Gasteiger partial charge in [0.1, 0.15) is 34.8 Å². The molecule has 1 aliphatic heterocycles. The van der Waals surface area contributed by atoms with Crippen molar-refractivity contribution in [2.75, 3.05) is 13.7 Å². The SMILES string of the molecule is COc1ccc(-c2cc(-c3ccc(C)cc3)n([C@@H]3O[C@H](CO)[C@@H](O)[C@H]3O)c(=S)c2C#N)cc1. The molecular formula is C25H24N2O5S. The highest BCUT2D eigenvalue weighted by Crippen LogP contribution is 2.38. The number of aromatic nitrogens is 1. The second-order valence-electron chi connectivity index (χ2n) is 7.93. The Morgan fingerprint density at radius 2 is 1.70 bits per heavy atom. The lowest BCUT2D eigenvalue weighted by atomic mass is 9.98. The standard InChI is InChI=1S/C25H24N2O5S/c1-14-3-5-16(6-4-14)20-11-18(15-7-9-17(31-2)10-8-15)19(12-26)25(33)27(20)24-23(30)22(29)21(13-28)32-24/h3-11,21-24,28-30H,13H2,1-2H3/t21-,22-,23-,24-/m1/s1. The molecule has 1 fully saturated rings. The van der Waals surface area contributed by atoms with Gasteiger partial charge in [-0.1, -0.05) is 54.2 Å². The summed E-state index contributed by atoms with van der Waals surface area (Å²) >= 11 is 5.72. The van der Waals surface area contributed by atoms with E-state index in [-0.39, 0.29) is 10.2 Å². The molecule has 3 aromatic rings. The number of hydrogen-bond donors (Lipinski definition) is 3. The highest BCUT2D eigenvalue weighted by molar-refractivity contribution is 7.71. The van der Waals surface area contributed by atoms with Gasteiger partial charge < -0.3 is 29.4 Å². The molecule has 0 amide bonds. The largest absolute Gasteiger partial charge is 0.497 e. The normalized spacial score (nSPS) is 22.2. The first kappa shape index (κ1) is 23.1. The van der Waals surface area contributed by atoms with E-state index in [0.29, 0.717) is 17.0 Å². The van der Waals surface area contributed by atoms with E-state index in [1.54, 1.807) is 23.8 Å². The van der Waals surface area contributed by atoms with E-state index in [9.17, 15) is 20.6 Å². The summed E-state index contributed by atoms with van der Waals surface area (Å²) in [4.78, 5) is 0. The number of aliphatic hydroxyl groups is 3. The molecule has 0 unspecified atom stereocenters. The van der Waals surface area contributed by atoms with Crippen molar-refractivity contribution in [1.29, 1.82) is 5.26 Å². The Balaban J connectivity index is 1.98. The monoisotopic (exact) mass is 464 g/mol. The summed E-state index contributed by atoms with van der Waals surface area (Å²) in [5.74, 6) is 0.687. The molecule has 0 spiro atoms. The Kier molecular flexibility index (Phi) is 6.61. The molecule has 170 valence electrons. The van der Waals surface area contributed by atoms with Crippen molar-refractivity contribution in [2.45, 2.75) is 31.5 Å². The van der Waals surface area contributed by atoms with Crippen LogP contribution < -0.4 is 4.74 Å². The maximum atomic E-state index is 10.7. The number of aliphatic hydroxyl groups excluding tert-OH is 3. The molecule has 0 saturated carbocycles. The van der Waals surface area contributed by atoms with E-state index < -0.39 is 31.1 Å². The van der Waals surface area contributed by atoms with Crippen molar-refractivity contribution in [2.24, 2.45) is 0 Å². The van der Waals surface area contributed by atoms with Gasteiger partial charge in [0.25, 0.3) is 0 Å².